The lowest BCUT2D eigenvalue weighted by molar-refractivity contribution is -0.167. The maximum absolute atomic E-state index is 12.0. The number of benzene rings is 2. The molecule has 1 amide bonds. The van der Waals surface area contributed by atoms with Crippen LogP contribution in [0.1, 0.15) is 12.0 Å². The molecule has 0 spiro atoms. The van der Waals surface area contributed by atoms with Gasteiger partial charge in [0.25, 0.3) is 5.91 Å². The van der Waals surface area contributed by atoms with Gasteiger partial charge in [0, 0.05) is 0 Å². The number of rotatable bonds is 2. The third kappa shape index (κ3) is 2.22. The van der Waals surface area contributed by atoms with Gasteiger partial charge in [0.2, 0.25) is 0 Å². The number of hydroxylamine groups is 2. The molecule has 3 heteroatoms. The van der Waals surface area contributed by atoms with Crippen molar-refractivity contribution in [2.45, 2.75) is 12.8 Å². The summed E-state index contributed by atoms with van der Waals surface area (Å²) in [5, 5.41) is 3.85. The Morgan fingerprint density at radius 1 is 1.17 bits per heavy atom. The van der Waals surface area contributed by atoms with E-state index in [9.17, 15) is 4.79 Å². The van der Waals surface area contributed by atoms with Gasteiger partial charge in [0.05, 0.1) is 19.6 Å². The normalized spacial score (nSPS) is 15.2. The zero-order valence-corrected chi connectivity index (χ0v) is 10.1. The van der Waals surface area contributed by atoms with Crippen LogP contribution in [0.5, 0.6) is 0 Å². The minimum Gasteiger partial charge on any atom is -0.272 e. The SMILES string of the molecule is O=C(Cc1ccc2ccccc2c1)N1CCCO1. The van der Waals surface area contributed by atoms with Crippen molar-refractivity contribution in [2.24, 2.45) is 0 Å². The van der Waals surface area contributed by atoms with E-state index < -0.39 is 0 Å². The van der Waals surface area contributed by atoms with Gasteiger partial charge in [-0.3, -0.25) is 9.63 Å². The van der Waals surface area contributed by atoms with Crippen LogP contribution in [-0.4, -0.2) is 24.1 Å². The highest BCUT2D eigenvalue weighted by atomic mass is 16.7. The second-order valence-corrected chi connectivity index (χ2v) is 4.54. The molecule has 1 fully saturated rings. The Balaban J connectivity index is 1.79. The molecule has 3 nitrogen and oxygen atoms in total. The van der Waals surface area contributed by atoms with Crippen molar-refractivity contribution in [1.29, 1.82) is 0 Å². The van der Waals surface area contributed by atoms with Crippen molar-refractivity contribution in [2.75, 3.05) is 13.2 Å². The van der Waals surface area contributed by atoms with Gasteiger partial charge in [0.1, 0.15) is 0 Å². The summed E-state index contributed by atoms with van der Waals surface area (Å²) in [5.74, 6) is 0.0442. The molecule has 0 bridgehead atoms. The zero-order valence-electron chi connectivity index (χ0n) is 10.1. The van der Waals surface area contributed by atoms with Crippen molar-refractivity contribution in [3.05, 3.63) is 48.0 Å². The number of nitrogens with zero attached hydrogens (tertiary/aromatic N) is 1. The molecule has 3 rings (SSSR count). The molecule has 0 atom stereocenters. The van der Waals surface area contributed by atoms with Crippen LogP contribution in [0.2, 0.25) is 0 Å². The monoisotopic (exact) mass is 241 g/mol. The molecule has 18 heavy (non-hydrogen) atoms. The lowest BCUT2D eigenvalue weighted by atomic mass is 10.0. The predicted molar refractivity (Wildman–Crippen MR) is 69.9 cm³/mol. The molecular weight excluding hydrogens is 226 g/mol. The molecule has 1 heterocycles. The van der Waals surface area contributed by atoms with Crippen molar-refractivity contribution < 1.29 is 9.63 Å². The largest absolute Gasteiger partial charge is 0.272 e. The summed E-state index contributed by atoms with van der Waals surface area (Å²) in [6, 6.07) is 14.3. The van der Waals surface area contributed by atoms with Crippen LogP contribution in [0.4, 0.5) is 0 Å². The standard InChI is InChI=1S/C15H15NO2/c17-15(16-8-3-9-18-16)11-12-6-7-13-4-1-2-5-14(13)10-12/h1-2,4-7,10H,3,8-9,11H2. The van der Waals surface area contributed by atoms with Gasteiger partial charge in [-0.2, -0.15) is 0 Å². The quantitative estimate of drug-likeness (QED) is 0.808. The summed E-state index contributed by atoms with van der Waals surface area (Å²) in [7, 11) is 0. The van der Waals surface area contributed by atoms with E-state index in [4.69, 9.17) is 4.84 Å². The number of hydrogen-bond donors (Lipinski definition) is 0. The lowest BCUT2D eigenvalue weighted by Gasteiger charge is -2.13. The fourth-order valence-electron chi connectivity index (χ4n) is 2.26. The molecule has 0 N–H and O–H groups in total. The molecule has 0 aliphatic carbocycles. The van der Waals surface area contributed by atoms with Crippen LogP contribution >= 0.6 is 0 Å². The molecule has 0 radical (unpaired) electrons. The van der Waals surface area contributed by atoms with Crippen molar-refractivity contribution in [3.63, 3.8) is 0 Å². The van der Waals surface area contributed by atoms with E-state index in [1.165, 1.54) is 15.8 Å². The average molecular weight is 241 g/mol. The Hall–Kier alpha value is -1.87. The third-order valence-electron chi connectivity index (χ3n) is 3.20. The molecular formula is C15H15NO2. The number of hydrogen-bond acceptors (Lipinski definition) is 2. The van der Waals surface area contributed by atoms with E-state index in [-0.39, 0.29) is 5.91 Å². The molecule has 1 saturated heterocycles. The van der Waals surface area contributed by atoms with Gasteiger partial charge >= 0.3 is 0 Å². The first-order chi connectivity index (χ1) is 8.83. The van der Waals surface area contributed by atoms with Crippen molar-refractivity contribution in [3.8, 4) is 0 Å². The van der Waals surface area contributed by atoms with Gasteiger partial charge < -0.3 is 0 Å². The summed E-state index contributed by atoms with van der Waals surface area (Å²) in [6.45, 7) is 1.37. The Bertz CT molecular complexity index is 573. The van der Waals surface area contributed by atoms with Crippen LogP contribution < -0.4 is 0 Å². The Kier molecular flexibility index (Phi) is 2.99. The van der Waals surface area contributed by atoms with E-state index in [1.807, 2.05) is 18.2 Å². The van der Waals surface area contributed by atoms with Crippen molar-refractivity contribution in [1.82, 2.24) is 5.06 Å². The molecule has 0 saturated carbocycles. The summed E-state index contributed by atoms with van der Waals surface area (Å²) >= 11 is 0. The number of fused-ring (bicyclic) bond motifs is 1. The van der Waals surface area contributed by atoms with Crippen LogP contribution in [-0.2, 0) is 16.1 Å². The molecule has 1 aliphatic rings. The van der Waals surface area contributed by atoms with Crippen LogP contribution in [0.25, 0.3) is 10.8 Å². The number of amides is 1. The highest BCUT2D eigenvalue weighted by Crippen LogP contribution is 2.17. The van der Waals surface area contributed by atoms with E-state index in [1.54, 1.807) is 0 Å². The van der Waals surface area contributed by atoms with E-state index in [0.717, 1.165) is 12.0 Å². The summed E-state index contributed by atoms with van der Waals surface area (Å²) in [4.78, 5) is 17.2. The van der Waals surface area contributed by atoms with E-state index >= 15 is 0 Å². The maximum atomic E-state index is 12.0. The molecule has 1 aliphatic heterocycles. The smallest absolute Gasteiger partial charge is 0.250 e. The lowest BCUT2D eigenvalue weighted by Crippen LogP contribution is -2.27. The number of carbonyl (C=O) groups is 1. The minimum absolute atomic E-state index is 0.0442. The van der Waals surface area contributed by atoms with Gasteiger partial charge in [0.15, 0.2) is 0 Å². The molecule has 0 unspecified atom stereocenters. The second-order valence-electron chi connectivity index (χ2n) is 4.54. The predicted octanol–water partition coefficient (Wildman–Crippen LogP) is 2.55. The highest BCUT2D eigenvalue weighted by Gasteiger charge is 2.19. The fourth-order valence-corrected chi connectivity index (χ4v) is 2.26. The Morgan fingerprint density at radius 2 is 2.00 bits per heavy atom. The Labute approximate surface area is 106 Å². The fraction of sp³-hybridized carbons (Fsp3) is 0.267. The average Bonchev–Trinajstić information content (AvgIpc) is 2.92. The minimum atomic E-state index is 0.0442. The molecule has 2 aromatic carbocycles. The molecule has 0 aromatic heterocycles. The third-order valence-corrected chi connectivity index (χ3v) is 3.20. The van der Waals surface area contributed by atoms with Crippen molar-refractivity contribution >= 4 is 16.7 Å². The summed E-state index contributed by atoms with van der Waals surface area (Å²) in [5.41, 5.74) is 1.04. The highest BCUT2D eigenvalue weighted by molar-refractivity contribution is 5.85. The second kappa shape index (κ2) is 4.78. The first-order valence-electron chi connectivity index (χ1n) is 6.24. The first-order valence-corrected chi connectivity index (χ1v) is 6.24. The molecule has 92 valence electrons. The van der Waals surface area contributed by atoms with Gasteiger partial charge in [-0.05, 0) is 22.8 Å². The molecule has 2 aromatic rings. The first kappa shape index (κ1) is 11.2. The summed E-state index contributed by atoms with van der Waals surface area (Å²) < 4.78 is 0. The maximum Gasteiger partial charge on any atom is 0.250 e. The van der Waals surface area contributed by atoms with E-state index in [0.29, 0.717) is 19.6 Å². The zero-order chi connectivity index (χ0) is 12.4. The van der Waals surface area contributed by atoms with Crippen LogP contribution in [0, 0.1) is 0 Å². The van der Waals surface area contributed by atoms with Gasteiger partial charge in [-0.25, -0.2) is 5.06 Å². The van der Waals surface area contributed by atoms with Crippen LogP contribution in [0.3, 0.4) is 0 Å². The topological polar surface area (TPSA) is 29.5 Å². The number of carbonyl (C=O) groups excluding carboxylic acids is 1. The Morgan fingerprint density at radius 3 is 2.78 bits per heavy atom. The summed E-state index contributed by atoms with van der Waals surface area (Å²) in [6.07, 6.45) is 1.34. The van der Waals surface area contributed by atoms with E-state index in [2.05, 4.69) is 24.3 Å². The van der Waals surface area contributed by atoms with Crippen LogP contribution in [0.15, 0.2) is 42.5 Å². The van der Waals surface area contributed by atoms with Gasteiger partial charge in [-0.15, -0.1) is 0 Å². The van der Waals surface area contributed by atoms with Gasteiger partial charge in [-0.1, -0.05) is 42.5 Å².